The highest BCUT2D eigenvalue weighted by Crippen LogP contribution is 2.16. The lowest BCUT2D eigenvalue weighted by atomic mass is 10.3. The number of benzene rings is 1. The third-order valence-corrected chi connectivity index (χ3v) is 4.82. The first-order valence-electron chi connectivity index (χ1n) is 8.00. The Morgan fingerprint density at radius 1 is 1.27 bits per heavy atom. The summed E-state index contributed by atoms with van der Waals surface area (Å²) >= 11 is 4.64. The molecule has 0 radical (unpaired) electrons. The van der Waals surface area contributed by atoms with Crippen molar-refractivity contribution in [2.24, 2.45) is 0 Å². The number of methoxy groups -OCH3 is 1. The van der Waals surface area contributed by atoms with Gasteiger partial charge in [0.2, 0.25) is 11.8 Å². The van der Waals surface area contributed by atoms with Crippen LogP contribution in [0.15, 0.2) is 51.6 Å². The molecule has 0 saturated carbocycles. The Morgan fingerprint density at radius 2 is 2.12 bits per heavy atom. The van der Waals surface area contributed by atoms with Crippen molar-refractivity contribution in [3.63, 3.8) is 0 Å². The molecule has 0 aliphatic rings. The van der Waals surface area contributed by atoms with Crippen molar-refractivity contribution < 1.29 is 18.7 Å². The largest absolute Gasteiger partial charge is 0.467 e. The van der Waals surface area contributed by atoms with Crippen LogP contribution in [0, 0.1) is 0 Å². The maximum atomic E-state index is 12.4. The average Bonchev–Trinajstić information content (AvgIpc) is 3.11. The number of hydrogen-bond donors (Lipinski definition) is 1. The van der Waals surface area contributed by atoms with Crippen LogP contribution >= 0.6 is 27.7 Å². The smallest absolute Gasteiger partial charge is 0.234 e. The lowest BCUT2D eigenvalue weighted by Crippen LogP contribution is -2.35. The van der Waals surface area contributed by atoms with Crippen LogP contribution in [0.3, 0.4) is 0 Å². The lowest BCUT2D eigenvalue weighted by molar-refractivity contribution is -0.129. The van der Waals surface area contributed by atoms with E-state index < -0.39 is 0 Å². The van der Waals surface area contributed by atoms with Crippen molar-refractivity contribution in [2.75, 3.05) is 37.1 Å². The highest BCUT2D eigenvalue weighted by Gasteiger charge is 2.16. The van der Waals surface area contributed by atoms with Gasteiger partial charge in [0.1, 0.15) is 5.76 Å². The van der Waals surface area contributed by atoms with E-state index in [4.69, 9.17) is 9.15 Å². The van der Waals surface area contributed by atoms with E-state index in [1.807, 2.05) is 30.3 Å². The average molecular weight is 441 g/mol. The topological polar surface area (TPSA) is 71.8 Å². The van der Waals surface area contributed by atoms with Gasteiger partial charge in [0.15, 0.2) is 0 Å². The quantitative estimate of drug-likeness (QED) is 0.612. The second-order valence-electron chi connectivity index (χ2n) is 5.44. The number of carbonyl (C=O) groups excluding carboxylic acids is 2. The summed E-state index contributed by atoms with van der Waals surface area (Å²) in [7, 11) is 1.59. The van der Waals surface area contributed by atoms with E-state index in [1.54, 1.807) is 24.3 Å². The molecule has 2 amide bonds. The number of nitrogens with zero attached hydrogens (tertiary/aromatic N) is 1. The number of nitrogens with one attached hydrogen (secondary N) is 1. The van der Waals surface area contributed by atoms with Gasteiger partial charge < -0.3 is 19.4 Å². The predicted octanol–water partition coefficient (Wildman–Crippen LogP) is 3.39. The van der Waals surface area contributed by atoms with Gasteiger partial charge in [-0.1, -0.05) is 22.0 Å². The molecule has 0 atom stereocenters. The molecule has 26 heavy (non-hydrogen) atoms. The van der Waals surface area contributed by atoms with E-state index in [-0.39, 0.29) is 23.3 Å². The van der Waals surface area contributed by atoms with Crippen molar-refractivity contribution >= 4 is 45.2 Å². The van der Waals surface area contributed by atoms with E-state index in [2.05, 4.69) is 21.2 Å². The summed E-state index contributed by atoms with van der Waals surface area (Å²) in [4.78, 5) is 26.1. The molecular weight excluding hydrogens is 420 g/mol. The van der Waals surface area contributed by atoms with Crippen molar-refractivity contribution in [2.45, 2.75) is 6.54 Å². The Kier molecular flexibility index (Phi) is 8.73. The molecule has 1 N–H and O–H groups in total. The van der Waals surface area contributed by atoms with Crippen LogP contribution in [0.1, 0.15) is 5.76 Å². The first-order chi connectivity index (χ1) is 12.6. The second-order valence-corrected chi connectivity index (χ2v) is 7.34. The van der Waals surface area contributed by atoms with E-state index in [0.29, 0.717) is 25.5 Å². The molecule has 0 spiro atoms. The van der Waals surface area contributed by atoms with Crippen LogP contribution in [0.2, 0.25) is 0 Å². The second kappa shape index (κ2) is 11.1. The minimum Gasteiger partial charge on any atom is -0.467 e. The van der Waals surface area contributed by atoms with E-state index >= 15 is 0 Å². The molecule has 140 valence electrons. The maximum absolute atomic E-state index is 12.4. The molecule has 0 aliphatic carbocycles. The number of anilines is 1. The van der Waals surface area contributed by atoms with Gasteiger partial charge in [-0.2, -0.15) is 0 Å². The van der Waals surface area contributed by atoms with Crippen LogP contribution in [0.4, 0.5) is 5.69 Å². The molecule has 1 aromatic carbocycles. The number of carbonyl (C=O) groups is 2. The minimum atomic E-state index is -0.143. The predicted molar refractivity (Wildman–Crippen MR) is 106 cm³/mol. The molecular formula is C18H21BrN2O4S. The summed E-state index contributed by atoms with van der Waals surface area (Å²) in [5.41, 5.74) is 0.718. The summed E-state index contributed by atoms with van der Waals surface area (Å²) in [5.74, 6) is 0.939. The summed E-state index contributed by atoms with van der Waals surface area (Å²) < 4.78 is 11.3. The summed E-state index contributed by atoms with van der Waals surface area (Å²) in [6, 6.07) is 11.0. The lowest BCUT2D eigenvalue weighted by Gasteiger charge is -2.21. The van der Waals surface area contributed by atoms with E-state index in [1.165, 1.54) is 11.8 Å². The Bertz CT molecular complexity index is 709. The van der Waals surface area contributed by atoms with E-state index in [9.17, 15) is 9.59 Å². The van der Waals surface area contributed by atoms with Gasteiger partial charge in [-0.3, -0.25) is 9.59 Å². The highest BCUT2D eigenvalue weighted by atomic mass is 79.9. The van der Waals surface area contributed by atoms with Gasteiger partial charge in [-0.15, -0.1) is 11.8 Å². The molecule has 0 unspecified atom stereocenters. The van der Waals surface area contributed by atoms with Crippen LogP contribution in [0.5, 0.6) is 0 Å². The molecule has 2 aromatic rings. The number of thioether (sulfide) groups is 1. The van der Waals surface area contributed by atoms with E-state index in [0.717, 1.165) is 10.2 Å². The van der Waals surface area contributed by atoms with Crippen molar-refractivity contribution in [3.8, 4) is 0 Å². The number of rotatable bonds is 10. The minimum absolute atomic E-state index is 0.0568. The fraction of sp³-hybridized carbons (Fsp3) is 0.333. The van der Waals surface area contributed by atoms with Crippen molar-refractivity contribution in [3.05, 3.63) is 52.9 Å². The van der Waals surface area contributed by atoms with Gasteiger partial charge in [-0.25, -0.2) is 0 Å². The fourth-order valence-electron chi connectivity index (χ4n) is 2.17. The van der Waals surface area contributed by atoms with Crippen molar-refractivity contribution in [1.82, 2.24) is 4.90 Å². The van der Waals surface area contributed by atoms with Crippen LogP contribution in [-0.4, -0.2) is 48.5 Å². The van der Waals surface area contributed by atoms with Gasteiger partial charge in [0.25, 0.3) is 0 Å². The number of hydrogen-bond acceptors (Lipinski definition) is 5. The molecule has 1 aromatic heterocycles. The van der Waals surface area contributed by atoms with Gasteiger partial charge in [-0.05, 0) is 30.3 Å². The fourth-order valence-corrected chi connectivity index (χ4v) is 3.29. The number of halogens is 1. The van der Waals surface area contributed by atoms with Gasteiger partial charge >= 0.3 is 0 Å². The molecule has 0 bridgehead atoms. The summed E-state index contributed by atoms with van der Waals surface area (Å²) in [5, 5.41) is 2.81. The number of ether oxygens (including phenoxy) is 1. The zero-order valence-corrected chi connectivity index (χ0v) is 16.8. The standard InChI is InChI=1S/C18H21BrN2O4S/c1-24-9-7-21(11-16-6-3-8-25-16)18(23)13-26-12-17(22)20-15-5-2-4-14(19)10-15/h2-6,8,10H,7,9,11-13H2,1H3,(H,20,22). The SMILES string of the molecule is COCCN(Cc1ccco1)C(=O)CSCC(=O)Nc1cccc(Br)c1. The molecule has 6 nitrogen and oxygen atoms in total. The molecule has 8 heteroatoms. The normalized spacial score (nSPS) is 10.5. The first-order valence-corrected chi connectivity index (χ1v) is 9.95. The van der Waals surface area contributed by atoms with Crippen LogP contribution in [0.25, 0.3) is 0 Å². The van der Waals surface area contributed by atoms with Crippen LogP contribution < -0.4 is 5.32 Å². The Hall–Kier alpha value is -1.77. The Labute approximate surface area is 165 Å². The summed E-state index contributed by atoms with van der Waals surface area (Å²) in [6.07, 6.45) is 1.58. The molecule has 2 rings (SSSR count). The molecule has 0 aliphatic heterocycles. The zero-order chi connectivity index (χ0) is 18.8. The molecule has 0 saturated heterocycles. The Morgan fingerprint density at radius 3 is 2.81 bits per heavy atom. The molecule has 1 heterocycles. The summed E-state index contributed by atoms with van der Waals surface area (Å²) in [6.45, 7) is 1.31. The van der Waals surface area contributed by atoms with Crippen LogP contribution in [-0.2, 0) is 20.9 Å². The number of amides is 2. The van der Waals surface area contributed by atoms with Crippen molar-refractivity contribution in [1.29, 1.82) is 0 Å². The zero-order valence-electron chi connectivity index (χ0n) is 14.4. The number of furan rings is 1. The maximum Gasteiger partial charge on any atom is 0.234 e. The monoisotopic (exact) mass is 440 g/mol. The third-order valence-electron chi connectivity index (χ3n) is 3.41. The Balaban J connectivity index is 1.78. The third kappa shape index (κ3) is 7.23. The first kappa shape index (κ1) is 20.5. The molecule has 0 fully saturated rings. The van der Waals surface area contributed by atoms with Gasteiger partial charge in [0.05, 0.1) is 30.9 Å². The van der Waals surface area contributed by atoms with Gasteiger partial charge in [0, 0.05) is 23.8 Å². The highest BCUT2D eigenvalue weighted by molar-refractivity contribution is 9.10.